The van der Waals surface area contributed by atoms with Crippen LogP contribution >= 0.6 is 0 Å². The van der Waals surface area contributed by atoms with E-state index in [0.717, 1.165) is 44.7 Å². The molecule has 0 spiro atoms. The average Bonchev–Trinajstić information content (AvgIpc) is 3.30. The zero-order chi connectivity index (χ0) is 22.8. The maximum atomic E-state index is 12.7. The minimum Gasteiger partial charge on any atom is -0.358 e. The lowest BCUT2D eigenvalue weighted by Crippen LogP contribution is -2.12. The third kappa shape index (κ3) is 4.36. The summed E-state index contributed by atoms with van der Waals surface area (Å²) in [6.45, 7) is 4.03. The summed E-state index contributed by atoms with van der Waals surface area (Å²) >= 11 is 0. The summed E-state index contributed by atoms with van der Waals surface area (Å²) in [5.74, 6) is 0.587. The van der Waals surface area contributed by atoms with Crippen LogP contribution in [0.15, 0.2) is 79.3 Å². The van der Waals surface area contributed by atoms with Crippen LogP contribution in [0.25, 0.3) is 22.3 Å². The number of anilines is 1. The van der Waals surface area contributed by atoms with Crippen molar-refractivity contribution in [1.29, 1.82) is 0 Å². The highest BCUT2D eigenvalue weighted by molar-refractivity contribution is 6.04. The average molecular weight is 434 g/mol. The van der Waals surface area contributed by atoms with Gasteiger partial charge in [0.2, 0.25) is 0 Å². The predicted molar refractivity (Wildman–Crippen MR) is 130 cm³/mol. The van der Waals surface area contributed by atoms with Crippen molar-refractivity contribution in [3.05, 3.63) is 107 Å². The second kappa shape index (κ2) is 8.67. The van der Waals surface area contributed by atoms with Gasteiger partial charge in [-0.3, -0.25) is 9.78 Å². The van der Waals surface area contributed by atoms with Crippen LogP contribution in [-0.2, 0) is 6.42 Å². The Labute approximate surface area is 191 Å². The number of nitrogens with one attached hydrogen (secondary N) is 2. The van der Waals surface area contributed by atoms with Crippen molar-refractivity contribution < 1.29 is 4.79 Å². The molecule has 3 aromatic heterocycles. The van der Waals surface area contributed by atoms with Gasteiger partial charge >= 0.3 is 0 Å². The van der Waals surface area contributed by atoms with E-state index in [2.05, 4.69) is 22.2 Å². The van der Waals surface area contributed by atoms with Crippen LogP contribution < -0.4 is 5.32 Å². The number of fused-ring (bicyclic) bond motifs is 1. The molecule has 0 bridgehead atoms. The zero-order valence-corrected chi connectivity index (χ0v) is 18.5. The molecule has 6 heteroatoms. The smallest absolute Gasteiger partial charge is 0.255 e. The fourth-order valence-corrected chi connectivity index (χ4v) is 3.88. The first kappa shape index (κ1) is 20.6. The monoisotopic (exact) mass is 433 g/mol. The van der Waals surface area contributed by atoms with E-state index in [0.29, 0.717) is 17.8 Å². The Morgan fingerprint density at radius 3 is 2.73 bits per heavy atom. The Balaban J connectivity index is 1.45. The summed E-state index contributed by atoms with van der Waals surface area (Å²) in [7, 11) is 0. The summed E-state index contributed by atoms with van der Waals surface area (Å²) in [5.41, 5.74) is 8.13. The Kier molecular flexibility index (Phi) is 5.40. The van der Waals surface area contributed by atoms with Crippen molar-refractivity contribution in [2.75, 3.05) is 5.32 Å². The number of benzene rings is 2. The van der Waals surface area contributed by atoms with E-state index in [-0.39, 0.29) is 5.91 Å². The van der Waals surface area contributed by atoms with Crippen LogP contribution in [0, 0.1) is 13.8 Å². The molecule has 0 radical (unpaired) electrons. The van der Waals surface area contributed by atoms with E-state index in [4.69, 9.17) is 9.97 Å². The minimum atomic E-state index is -0.127. The molecule has 0 aliphatic rings. The number of carbonyl (C=O) groups is 1. The molecule has 0 fully saturated rings. The number of pyridine rings is 1. The van der Waals surface area contributed by atoms with Gasteiger partial charge < -0.3 is 10.3 Å². The van der Waals surface area contributed by atoms with E-state index in [1.165, 1.54) is 0 Å². The number of aromatic amines is 1. The van der Waals surface area contributed by atoms with Crippen molar-refractivity contribution in [2.45, 2.75) is 20.3 Å². The summed E-state index contributed by atoms with van der Waals surface area (Å²) in [4.78, 5) is 29.8. The van der Waals surface area contributed by atoms with Gasteiger partial charge in [0.1, 0.15) is 5.82 Å². The molecule has 33 heavy (non-hydrogen) atoms. The van der Waals surface area contributed by atoms with Gasteiger partial charge in [0, 0.05) is 41.8 Å². The minimum absolute atomic E-state index is 0.127. The number of hydrogen-bond donors (Lipinski definition) is 2. The highest BCUT2D eigenvalue weighted by Crippen LogP contribution is 2.26. The van der Waals surface area contributed by atoms with Crippen LogP contribution in [0.1, 0.15) is 32.9 Å². The second-order valence-corrected chi connectivity index (χ2v) is 8.11. The molecule has 0 saturated carbocycles. The molecule has 162 valence electrons. The second-order valence-electron chi connectivity index (χ2n) is 8.11. The molecular formula is C27H23N5O. The number of rotatable bonds is 5. The normalized spacial score (nSPS) is 11.0. The van der Waals surface area contributed by atoms with Crippen LogP contribution in [0.2, 0.25) is 0 Å². The summed E-state index contributed by atoms with van der Waals surface area (Å²) in [6.07, 6.45) is 5.97. The zero-order valence-electron chi connectivity index (χ0n) is 18.5. The highest BCUT2D eigenvalue weighted by Gasteiger charge is 2.13. The van der Waals surface area contributed by atoms with Crippen LogP contribution in [0.3, 0.4) is 0 Å². The number of hydrogen-bond acceptors (Lipinski definition) is 4. The number of amides is 1. The number of carbonyl (C=O) groups excluding carboxylic acids is 1. The molecule has 5 rings (SSSR count). The fourth-order valence-electron chi connectivity index (χ4n) is 3.88. The van der Waals surface area contributed by atoms with Gasteiger partial charge in [-0.1, -0.05) is 23.8 Å². The fraction of sp³-hybridized carbons (Fsp3) is 0.111. The number of aryl methyl sites for hydroxylation is 2. The van der Waals surface area contributed by atoms with Gasteiger partial charge in [-0.2, -0.15) is 0 Å². The molecule has 2 N–H and O–H groups in total. The third-order valence-corrected chi connectivity index (χ3v) is 5.62. The lowest BCUT2D eigenvalue weighted by Gasteiger charge is -2.11. The standard InChI is InChI=1S/C27H23N5O/c1-17-5-3-6-19(13-17)27(33)30-22-9-8-18(2)21(14-22)15-24-31-23-10-12-29-26(23)25(32-24)20-7-4-11-28-16-20/h3-14,16,29H,15H2,1-2H3,(H,30,33). The van der Waals surface area contributed by atoms with Gasteiger partial charge in [-0.25, -0.2) is 9.97 Å². The highest BCUT2D eigenvalue weighted by atomic mass is 16.1. The Morgan fingerprint density at radius 2 is 1.91 bits per heavy atom. The van der Waals surface area contributed by atoms with E-state index in [1.807, 2.05) is 73.8 Å². The van der Waals surface area contributed by atoms with Crippen LogP contribution in [0.5, 0.6) is 0 Å². The first-order valence-electron chi connectivity index (χ1n) is 10.8. The van der Waals surface area contributed by atoms with E-state index < -0.39 is 0 Å². The molecule has 1 amide bonds. The first-order chi connectivity index (χ1) is 16.1. The Bertz CT molecular complexity index is 1460. The van der Waals surface area contributed by atoms with Gasteiger partial charge in [0.05, 0.1) is 16.7 Å². The molecule has 2 aromatic carbocycles. The first-order valence-corrected chi connectivity index (χ1v) is 10.8. The van der Waals surface area contributed by atoms with Crippen molar-refractivity contribution in [3.63, 3.8) is 0 Å². The van der Waals surface area contributed by atoms with Crippen molar-refractivity contribution in [1.82, 2.24) is 19.9 Å². The number of aromatic nitrogens is 4. The Hall–Kier alpha value is -4.32. The van der Waals surface area contributed by atoms with Crippen molar-refractivity contribution >= 4 is 22.6 Å². The molecular weight excluding hydrogens is 410 g/mol. The quantitative estimate of drug-likeness (QED) is 0.384. The van der Waals surface area contributed by atoms with Crippen molar-refractivity contribution in [2.24, 2.45) is 0 Å². The molecule has 6 nitrogen and oxygen atoms in total. The van der Waals surface area contributed by atoms with Crippen LogP contribution in [0.4, 0.5) is 5.69 Å². The number of nitrogens with zero attached hydrogens (tertiary/aromatic N) is 3. The van der Waals surface area contributed by atoms with E-state index >= 15 is 0 Å². The van der Waals surface area contributed by atoms with Gasteiger partial charge in [0.25, 0.3) is 5.91 Å². The van der Waals surface area contributed by atoms with Gasteiger partial charge in [0.15, 0.2) is 0 Å². The van der Waals surface area contributed by atoms with E-state index in [9.17, 15) is 4.79 Å². The summed E-state index contributed by atoms with van der Waals surface area (Å²) in [5, 5.41) is 3.01. The van der Waals surface area contributed by atoms with Crippen molar-refractivity contribution in [3.8, 4) is 11.3 Å². The third-order valence-electron chi connectivity index (χ3n) is 5.62. The molecule has 0 aliphatic carbocycles. The lowest BCUT2D eigenvalue weighted by atomic mass is 10.0. The number of H-pyrrole nitrogens is 1. The van der Waals surface area contributed by atoms with Crippen LogP contribution in [-0.4, -0.2) is 25.8 Å². The molecule has 0 aliphatic heterocycles. The molecule has 5 aromatic rings. The van der Waals surface area contributed by atoms with Gasteiger partial charge in [-0.15, -0.1) is 0 Å². The largest absolute Gasteiger partial charge is 0.358 e. The maximum absolute atomic E-state index is 12.7. The summed E-state index contributed by atoms with van der Waals surface area (Å²) in [6, 6.07) is 19.3. The van der Waals surface area contributed by atoms with Gasteiger partial charge in [-0.05, 0) is 67.4 Å². The van der Waals surface area contributed by atoms with E-state index in [1.54, 1.807) is 12.4 Å². The Morgan fingerprint density at radius 1 is 1.00 bits per heavy atom. The SMILES string of the molecule is Cc1cccc(C(=O)Nc2ccc(C)c(Cc3nc(-c4cccnc4)c4[nH]ccc4n3)c2)c1. The molecule has 0 atom stereocenters. The maximum Gasteiger partial charge on any atom is 0.255 e. The molecule has 3 heterocycles. The lowest BCUT2D eigenvalue weighted by molar-refractivity contribution is 0.102. The summed E-state index contributed by atoms with van der Waals surface area (Å²) < 4.78 is 0. The molecule has 0 saturated heterocycles. The topological polar surface area (TPSA) is 83.6 Å². The predicted octanol–water partition coefficient (Wildman–Crippen LogP) is 5.48. The molecule has 0 unspecified atom stereocenters.